The van der Waals surface area contributed by atoms with E-state index < -0.39 is 64.7 Å². The Morgan fingerprint density at radius 1 is 1.08 bits per heavy atom. The zero-order valence-electron chi connectivity index (χ0n) is 18.9. The highest BCUT2D eigenvalue weighted by Gasteiger charge is 2.63. The van der Waals surface area contributed by atoms with Crippen molar-refractivity contribution in [3.05, 3.63) is 23.2 Å². The van der Waals surface area contributed by atoms with Crippen LogP contribution >= 0.6 is 0 Å². The Morgan fingerprint density at radius 2 is 1.81 bits per heavy atom. The number of amides is 1. The largest absolute Gasteiger partial charge is 0.426 e. The molecule has 2 aromatic rings. The molecule has 3 aliphatic rings. The maximum atomic E-state index is 13.9. The molecule has 2 saturated carbocycles. The van der Waals surface area contributed by atoms with Crippen LogP contribution in [-0.4, -0.2) is 50.4 Å². The van der Waals surface area contributed by atoms with Gasteiger partial charge in [-0.3, -0.25) is 4.79 Å². The predicted molar refractivity (Wildman–Crippen MR) is 111 cm³/mol. The van der Waals surface area contributed by atoms with Crippen molar-refractivity contribution in [1.82, 2.24) is 20.1 Å². The highest BCUT2D eigenvalue weighted by atomic mass is 19.4. The van der Waals surface area contributed by atoms with Crippen molar-refractivity contribution in [1.29, 1.82) is 0 Å². The molecule has 1 amide bonds. The third kappa shape index (κ3) is 4.18. The van der Waals surface area contributed by atoms with Crippen LogP contribution in [0, 0.1) is 11.3 Å². The van der Waals surface area contributed by atoms with Crippen molar-refractivity contribution in [2.24, 2.45) is 11.3 Å². The van der Waals surface area contributed by atoms with Crippen LogP contribution in [0.3, 0.4) is 0 Å². The van der Waals surface area contributed by atoms with Gasteiger partial charge in [-0.25, -0.2) is 4.98 Å². The summed E-state index contributed by atoms with van der Waals surface area (Å²) in [4.78, 5) is 18.5. The highest BCUT2D eigenvalue weighted by Crippen LogP contribution is 2.70. The Labute approximate surface area is 200 Å². The van der Waals surface area contributed by atoms with Gasteiger partial charge in [-0.05, 0) is 55.9 Å². The van der Waals surface area contributed by atoms with Crippen LogP contribution in [-0.2, 0) is 11.8 Å². The maximum Gasteiger partial charge on any atom is 0.426 e. The molecule has 2 aliphatic carbocycles. The fourth-order valence-corrected chi connectivity index (χ4v) is 4.95. The SMILES string of the molecule is Nc1cc(C(F)(F)F)c2nc1-c1nnc(o1)C(O)(C(F)(F)F)CCCCCN(CC1CC13CC3)C2=O. The smallest absolute Gasteiger partial charge is 0.416 e. The molecule has 2 atom stereocenters. The van der Waals surface area contributed by atoms with Crippen molar-refractivity contribution in [3.8, 4) is 11.6 Å². The minimum Gasteiger partial charge on any atom is -0.416 e. The number of aliphatic hydroxyl groups is 1. The lowest BCUT2D eigenvalue weighted by Gasteiger charge is -2.27. The molecule has 1 aliphatic heterocycles. The highest BCUT2D eigenvalue weighted by molar-refractivity contribution is 5.95. The third-order valence-corrected chi connectivity index (χ3v) is 7.46. The molecule has 0 saturated heterocycles. The summed E-state index contributed by atoms with van der Waals surface area (Å²) in [5.74, 6) is -2.71. The Balaban J connectivity index is 1.61. The molecule has 5 rings (SSSR count). The lowest BCUT2D eigenvalue weighted by atomic mass is 9.95. The van der Waals surface area contributed by atoms with Gasteiger partial charge < -0.3 is 20.2 Å². The number of nitrogen functional groups attached to an aromatic ring is 1. The summed E-state index contributed by atoms with van der Waals surface area (Å²) >= 11 is 0. The van der Waals surface area contributed by atoms with E-state index in [9.17, 15) is 36.2 Å². The number of rotatable bonds is 2. The van der Waals surface area contributed by atoms with Crippen LogP contribution in [0.25, 0.3) is 11.6 Å². The predicted octanol–water partition coefficient (Wildman–Crippen LogP) is 4.30. The average molecular weight is 519 g/mol. The lowest BCUT2D eigenvalue weighted by molar-refractivity contribution is -0.277. The number of alkyl halides is 6. The summed E-state index contributed by atoms with van der Waals surface area (Å²) in [5, 5.41) is 17.2. The van der Waals surface area contributed by atoms with Crippen LogP contribution < -0.4 is 5.73 Å². The number of nitrogens with zero attached hydrogens (tertiary/aromatic N) is 4. The number of carbonyl (C=O) groups is 1. The number of pyridine rings is 1. The molecule has 3 heterocycles. The van der Waals surface area contributed by atoms with Gasteiger partial charge in [0, 0.05) is 13.1 Å². The first-order valence-electron chi connectivity index (χ1n) is 11.6. The van der Waals surface area contributed by atoms with E-state index >= 15 is 0 Å². The van der Waals surface area contributed by atoms with Crippen LogP contribution in [0.15, 0.2) is 10.5 Å². The van der Waals surface area contributed by atoms with E-state index in [4.69, 9.17) is 10.2 Å². The van der Waals surface area contributed by atoms with Crippen LogP contribution in [0.5, 0.6) is 0 Å². The minimum absolute atomic E-state index is 0.0347. The number of carbonyl (C=O) groups excluding carboxylic acids is 1. The molecular weight excluding hydrogens is 496 g/mol. The molecule has 3 N–H and O–H groups in total. The topological polar surface area (TPSA) is 118 Å². The van der Waals surface area contributed by atoms with Crippen molar-refractivity contribution < 1.29 is 40.7 Å². The van der Waals surface area contributed by atoms with Gasteiger partial charge in [0.05, 0.1) is 11.3 Å². The van der Waals surface area contributed by atoms with Crippen LogP contribution in [0.2, 0.25) is 0 Å². The number of aromatic nitrogens is 3. The second kappa shape index (κ2) is 8.05. The Bertz CT molecular complexity index is 1190. The molecule has 4 bridgehead atoms. The van der Waals surface area contributed by atoms with E-state index in [-0.39, 0.29) is 43.7 Å². The second-order valence-electron chi connectivity index (χ2n) is 9.92. The maximum absolute atomic E-state index is 13.9. The monoisotopic (exact) mass is 519 g/mol. The van der Waals surface area contributed by atoms with Gasteiger partial charge in [-0.1, -0.05) is 6.42 Å². The molecule has 1 spiro atoms. The average Bonchev–Trinajstić information content (AvgIpc) is 3.64. The summed E-state index contributed by atoms with van der Waals surface area (Å²) < 4.78 is 88.0. The zero-order chi connectivity index (χ0) is 26.1. The van der Waals surface area contributed by atoms with Crippen LogP contribution in [0.4, 0.5) is 32.0 Å². The number of anilines is 1. The molecule has 196 valence electrons. The Morgan fingerprint density at radius 3 is 2.42 bits per heavy atom. The standard InChI is InChI=1S/C22H23F6N5O3/c23-21(24,25)12-8-13(29)15-16-31-32-18(36-16)20(35,22(26,27)28)4-2-1-3-7-33(17(34)14(12)30-15)10-11-9-19(11)5-6-19/h8,11,35H,1-7,9-10,29H2. The van der Waals surface area contributed by atoms with Crippen molar-refractivity contribution in [3.63, 3.8) is 0 Å². The zero-order valence-corrected chi connectivity index (χ0v) is 18.9. The van der Waals surface area contributed by atoms with Gasteiger partial charge in [0.15, 0.2) is 5.69 Å². The number of fused-ring (bicyclic) bond motifs is 5. The van der Waals surface area contributed by atoms with Crippen molar-refractivity contribution in [2.75, 3.05) is 18.8 Å². The van der Waals surface area contributed by atoms with Crippen molar-refractivity contribution in [2.45, 2.75) is 62.9 Å². The number of hydrogen-bond donors (Lipinski definition) is 2. The number of halogens is 6. The number of hydrogen-bond acceptors (Lipinski definition) is 7. The molecule has 8 nitrogen and oxygen atoms in total. The van der Waals surface area contributed by atoms with E-state index in [0.29, 0.717) is 6.07 Å². The molecule has 36 heavy (non-hydrogen) atoms. The van der Waals surface area contributed by atoms with E-state index in [2.05, 4.69) is 15.2 Å². The normalized spacial score (nSPS) is 26.1. The summed E-state index contributed by atoms with van der Waals surface area (Å²) in [5.41, 5.74) is -1.07. The first-order chi connectivity index (χ1) is 16.8. The number of nitrogens with two attached hydrogens (primary N) is 1. The summed E-state index contributed by atoms with van der Waals surface area (Å²) in [6.07, 6.45) is -7.74. The Kier molecular flexibility index (Phi) is 5.54. The second-order valence-corrected chi connectivity index (χ2v) is 9.92. The third-order valence-electron chi connectivity index (χ3n) is 7.46. The van der Waals surface area contributed by atoms with Gasteiger partial charge in [0.25, 0.3) is 17.7 Å². The first-order valence-corrected chi connectivity index (χ1v) is 11.6. The molecule has 0 radical (unpaired) electrons. The van der Waals surface area contributed by atoms with E-state index in [0.717, 1.165) is 19.3 Å². The first kappa shape index (κ1) is 24.8. The van der Waals surface area contributed by atoms with Crippen LogP contribution in [0.1, 0.15) is 66.9 Å². The summed E-state index contributed by atoms with van der Waals surface area (Å²) in [6.45, 7) is 0.266. The summed E-state index contributed by atoms with van der Waals surface area (Å²) in [6, 6.07) is 0.485. The van der Waals surface area contributed by atoms with Gasteiger partial charge in [-0.15, -0.1) is 10.2 Å². The molecule has 2 unspecified atom stereocenters. The fourth-order valence-electron chi connectivity index (χ4n) is 4.95. The fraction of sp³-hybridized carbons (Fsp3) is 0.636. The molecule has 14 heteroatoms. The molecule has 2 aromatic heterocycles. The lowest BCUT2D eigenvalue weighted by Crippen LogP contribution is -2.42. The Hall–Kier alpha value is -2.90. The molecular formula is C22H23F6N5O3. The molecule has 0 aromatic carbocycles. The van der Waals surface area contributed by atoms with Gasteiger partial charge in [0.1, 0.15) is 5.69 Å². The summed E-state index contributed by atoms with van der Waals surface area (Å²) in [7, 11) is 0. The van der Waals surface area contributed by atoms with Gasteiger partial charge in [-0.2, -0.15) is 26.3 Å². The quantitative estimate of drug-likeness (QED) is 0.568. The molecule has 2 fully saturated rings. The van der Waals surface area contributed by atoms with Gasteiger partial charge in [0.2, 0.25) is 5.60 Å². The van der Waals surface area contributed by atoms with E-state index in [1.807, 2.05) is 0 Å². The van der Waals surface area contributed by atoms with Gasteiger partial charge >= 0.3 is 12.4 Å². The van der Waals surface area contributed by atoms with E-state index in [1.165, 1.54) is 4.90 Å². The van der Waals surface area contributed by atoms with E-state index in [1.54, 1.807) is 0 Å². The minimum atomic E-state index is -5.16. The van der Waals surface area contributed by atoms with Crippen molar-refractivity contribution >= 4 is 11.6 Å².